The van der Waals surface area contributed by atoms with Gasteiger partial charge in [-0.05, 0) is 82.0 Å². The van der Waals surface area contributed by atoms with E-state index in [0.717, 1.165) is 47.9 Å². The Morgan fingerprint density at radius 3 is 2.70 bits per heavy atom. The number of likely N-dealkylation sites (tertiary alicyclic amines) is 1. The quantitative estimate of drug-likeness (QED) is 0.320. The van der Waals surface area contributed by atoms with Gasteiger partial charge < -0.3 is 28.8 Å². The molecule has 1 aliphatic carbocycles. The van der Waals surface area contributed by atoms with E-state index in [0.29, 0.717) is 24.4 Å². The highest BCUT2D eigenvalue weighted by Crippen LogP contribution is 2.39. The summed E-state index contributed by atoms with van der Waals surface area (Å²) in [6.45, 7) is 7.56. The van der Waals surface area contributed by atoms with Gasteiger partial charge in [-0.2, -0.15) is 0 Å². The van der Waals surface area contributed by atoms with Crippen LogP contribution in [-0.2, 0) is 18.3 Å². The average molecular weight is 564 g/mol. The van der Waals surface area contributed by atoms with Gasteiger partial charge in [-0.25, -0.2) is 9.78 Å². The molecule has 1 N–H and O–H groups in total. The zero-order chi connectivity index (χ0) is 28.2. The fourth-order valence-electron chi connectivity index (χ4n) is 5.66. The molecule has 2 fully saturated rings. The number of alkyl carbamates (subject to hydrolysis) is 1. The number of carbonyl (C=O) groups is 2. The molecule has 2 amide bonds. The topological polar surface area (TPSA) is 90.6 Å². The Morgan fingerprint density at radius 1 is 1.18 bits per heavy atom. The van der Waals surface area contributed by atoms with Gasteiger partial charge in [0, 0.05) is 43.7 Å². The Morgan fingerprint density at radius 2 is 1.98 bits per heavy atom. The summed E-state index contributed by atoms with van der Waals surface area (Å²) in [7, 11) is 3.64. The number of nitrogens with zero attached hydrogens (tertiary/aromatic N) is 4. The van der Waals surface area contributed by atoms with E-state index in [9.17, 15) is 9.59 Å². The fourth-order valence-corrected chi connectivity index (χ4v) is 6.56. The van der Waals surface area contributed by atoms with E-state index in [2.05, 4.69) is 32.0 Å². The lowest BCUT2D eigenvalue weighted by molar-refractivity contribution is 0.0452. The molecule has 10 heteroatoms. The molecule has 6 rings (SSSR count). The van der Waals surface area contributed by atoms with Gasteiger partial charge in [-0.15, -0.1) is 11.3 Å². The van der Waals surface area contributed by atoms with Crippen LogP contribution in [0.3, 0.4) is 0 Å². The Hall–Kier alpha value is -3.53. The number of thiophene rings is 1. The molecule has 1 saturated carbocycles. The third kappa shape index (κ3) is 5.16. The molecule has 212 valence electrons. The van der Waals surface area contributed by atoms with Crippen molar-refractivity contribution in [3.05, 3.63) is 35.2 Å². The summed E-state index contributed by atoms with van der Waals surface area (Å²) in [6, 6.07) is 7.90. The summed E-state index contributed by atoms with van der Waals surface area (Å²) in [4.78, 5) is 34.1. The predicted molar refractivity (Wildman–Crippen MR) is 157 cm³/mol. The van der Waals surface area contributed by atoms with Gasteiger partial charge in [-0.1, -0.05) is 0 Å². The molecular weight excluding hydrogens is 526 g/mol. The summed E-state index contributed by atoms with van der Waals surface area (Å²) >= 11 is 1.76. The maximum Gasteiger partial charge on any atom is 0.407 e. The molecule has 4 heterocycles. The molecule has 1 saturated heterocycles. The van der Waals surface area contributed by atoms with E-state index in [4.69, 9.17) is 14.5 Å². The Bertz CT molecular complexity index is 1590. The van der Waals surface area contributed by atoms with Crippen LogP contribution in [0, 0.1) is 5.92 Å². The van der Waals surface area contributed by atoms with Crippen LogP contribution >= 0.6 is 11.3 Å². The Labute approximate surface area is 238 Å². The van der Waals surface area contributed by atoms with Crippen molar-refractivity contribution in [2.24, 2.45) is 13.0 Å². The number of aryl methyl sites for hydroxylation is 1. The molecule has 4 aromatic rings. The predicted octanol–water partition coefficient (Wildman–Crippen LogP) is 5.80. The van der Waals surface area contributed by atoms with Crippen molar-refractivity contribution in [1.29, 1.82) is 0 Å². The number of benzene rings is 1. The van der Waals surface area contributed by atoms with Gasteiger partial charge in [0.25, 0.3) is 5.91 Å². The van der Waals surface area contributed by atoms with Crippen molar-refractivity contribution in [2.45, 2.75) is 64.6 Å². The molecule has 1 aliphatic heterocycles. The van der Waals surface area contributed by atoms with Gasteiger partial charge in [0.1, 0.15) is 21.7 Å². The number of nitrogens with one attached hydrogen (secondary N) is 1. The average Bonchev–Trinajstić information content (AvgIpc) is 3.35. The number of rotatable bonds is 6. The normalized spacial score (nSPS) is 17.9. The first-order valence-corrected chi connectivity index (χ1v) is 14.9. The van der Waals surface area contributed by atoms with Crippen LogP contribution in [0.1, 0.15) is 56.8 Å². The second-order valence-electron chi connectivity index (χ2n) is 12.0. The summed E-state index contributed by atoms with van der Waals surface area (Å²) in [6.07, 6.45) is 3.69. The maximum atomic E-state index is 13.7. The van der Waals surface area contributed by atoms with Gasteiger partial charge in [0.05, 0.1) is 18.3 Å². The maximum absolute atomic E-state index is 13.7. The smallest absolute Gasteiger partial charge is 0.407 e. The highest BCUT2D eigenvalue weighted by molar-refractivity contribution is 7.16. The van der Waals surface area contributed by atoms with E-state index in [-0.39, 0.29) is 11.9 Å². The van der Waals surface area contributed by atoms with E-state index >= 15 is 0 Å². The molecule has 1 atom stereocenters. The van der Waals surface area contributed by atoms with E-state index in [1.54, 1.807) is 23.3 Å². The van der Waals surface area contributed by atoms with E-state index < -0.39 is 11.7 Å². The molecule has 1 unspecified atom stereocenters. The summed E-state index contributed by atoms with van der Waals surface area (Å²) in [5, 5.41) is 6.30. The van der Waals surface area contributed by atoms with Crippen LogP contribution in [0.4, 0.5) is 4.79 Å². The molecular formula is C30H37N5O4S. The monoisotopic (exact) mass is 563 g/mol. The van der Waals surface area contributed by atoms with Gasteiger partial charge >= 0.3 is 6.09 Å². The third-order valence-corrected chi connectivity index (χ3v) is 8.65. The number of piperidine rings is 1. The summed E-state index contributed by atoms with van der Waals surface area (Å²) in [5.74, 6) is 2.11. The third-order valence-electron chi connectivity index (χ3n) is 7.70. The number of methoxy groups -OCH3 is 1. The van der Waals surface area contributed by atoms with Crippen molar-refractivity contribution < 1.29 is 19.1 Å². The first-order chi connectivity index (χ1) is 19.1. The fraction of sp³-hybridized carbons (Fsp3) is 0.500. The minimum absolute atomic E-state index is 0.0966. The van der Waals surface area contributed by atoms with Crippen molar-refractivity contribution >= 4 is 44.6 Å². The number of fused-ring (bicyclic) bond motifs is 2. The van der Waals surface area contributed by atoms with Gasteiger partial charge in [0.2, 0.25) is 0 Å². The zero-order valence-corrected chi connectivity index (χ0v) is 24.6. The van der Waals surface area contributed by atoms with E-state index in [1.165, 1.54) is 23.1 Å². The molecule has 0 radical (unpaired) electrons. The number of hydrogen-bond acceptors (Lipinski definition) is 6. The van der Waals surface area contributed by atoms with Crippen LogP contribution in [0.15, 0.2) is 29.6 Å². The van der Waals surface area contributed by atoms with Crippen molar-refractivity contribution in [3.63, 3.8) is 0 Å². The SMILES string of the molecule is COc1cc(C(=O)N2CCCC(NC(=O)OC(C)(C)C)C2)cc2nc(-c3cc4ccsc4n3CC3CC3)n(C)c12. The highest BCUT2D eigenvalue weighted by atomic mass is 32.1. The standard InChI is InChI=1S/C30H37N5O4S/c1-30(2,3)39-29(37)31-21-7-6-11-34(17-21)27(36)20-13-22-25(24(15-20)38-5)33(4)26(32-22)23-14-19-10-12-40-28(19)35(23)16-18-8-9-18/h10,12-15,18,21H,6-9,11,16-17H2,1-5H3,(H,31,37). The minimum Gasteiger partial charge on any atom is -0.494 e. The lowest BCUT2D eigenvalue weighted by Gasteiger charge is -2.33. The zero-order valence-electron chi connectivity index (χ0n) is 23.8. The van der Waals surface area contributed by atoms with Crippen LogP contribution < -0.4 is 10.1 Å². The van der Waals surface area contributed by atoms with Crippen LogP contribution in [0.25, 0.3) is 32.8 Å². The number of carbonyl (C=O) groups excluding carboxylic acids is 2. The van der Waals surface area contributed by atoms with Crippen molar-refractivity contribution in [2.75, 3.05) is 20.2 Å². The number of amides is 2. The summed E-state index contributed by atoms with van der Waals surface area (Å²) < 4.78 is 15.7. The van der Waals surface area contributed by atoms with Gasteiger partial charge in [-0.3, -0.25) is 4.79 Å². The first-order valence-electron chi connectivity index (χ1n) is 14.0. The lowest BCUT2D eigenvalue weighted by atomic mass is 10.0. The molecule has 0 bridgehead atoms. The van der Waals surface area contributed by atoms with Crippen LogP contribution in [-0.4, -0.2) is 62.9 Å². The molecule has 9 nitrogen and oxygen atoms in total. The lowest BCUT2D eigenvalue weighted by Crippen LogP contribution is -2.50. The minimum atomic E-state index is -0.572. The summed E-state index contributed by atoms with van der Waals surface area (Å²) in [5.41, 5.74) is 2.63. The number of hydrogen-bond donors (Lipinski definition) is 1. The van der Waals surface area contributed by atoms with Crippen LogP contribution in [0.2, 0.25) is 0 Å². The van der Waals surface area contributed by atoms with Gasteiger partial charge in [0.15, 0.2) is 5.82 Å². The molecule has 1 aromatic carbocycles. The van der Waals surface area contributed by atoms with Crippen LogP contribution in [0.5, 0.6) is 5.75 Å². The second-order valence-corrected chi connectivity index (χ2v) is 12.9. The Balaban J connectivity index is 1.30. The molecule has 3 aromatic heterocycles. The molecule has 2 aliphatic rings. The first kappa shape index (κ1) is 26.7. The van der Waals surface area contributed by atoms with Crippen molar-refractivity contribution in [3.8, 4) is 17.3 Å². The van der Waals surface area contributed by atoms with Crippen molar-refractivity contribution in [1.82, 2.24) is 24.3 Å². The number of aromatic nitrogens is 3. The largest absolute Gasteiger partial charge is 0.494 e. The second kappa shape index (κ2) is 10.1. The number of ether oxygens (including phenoxy) is 2. The Kier molecular flexibility index (Phi) is 6.76. The number of imidazole rings is 1. The van der Waals surface area contributed by atoms with E-state index in [1.807, 2.05) is 40.0 Å². The molecule has 40 heavy (non-hydrogen) atoms. The highest BCUT2D eigenvalue weighted by Gasteiger charge is 2.29. The molecule has 0 spiro atoms.